The molecule has 0 unspecified atom stereocenters. The smallest absolute Gasteiger partial charge is 0.350 e. The Labute approximate surface area is 128 Å². The van der Waals surface area contributed by atoms with E-state index in [9.17, 15) is 4.79 Å². The van der Waals surface area contributed by atoms with Crippen molar-refractivity contribution in [2.75, 3.05) is 12.8 Å². The molecule has 0 aliphatic carbocycles. The Morgan fingerprint density at radius 1 is 1.35 bits per heavy atom. The van der Waals surface area contributed by atoms with Crippen molar-refractivity contribution in [3.63, 3.8) is 0 Å². The number of nitrogen functional groups attached to an aromatic ring is 1. The van der Waals surface area contributed by atoms with E-state index in [2.05, 4.69) is 24.4 Å². The van der Waals surface area contributed by atoms with Gasteiger partial charge in [0.2, 0.25) is 0 Å². The number of thiophene rings is 3. The summed E-state index contributed by atoms with van der Waals surface area (Å²) in [6, 6.07) is 4.30. The Kier molecular flexibility index (Phi) is 3.54. The summed E-state index contributed by atoms with van der Waals surface area (Å²) < 4.78 is 7.36. The SMILES string of the molecule is CCc1c(-c2cc3sccc3s2)sc(C(=O)OC)c1N. The molecule has 0 amide bonds. The average molecular weight is 323 g/mol. The molecule has 3 aromatic rings. The van der Waals surface area contributed by atoms with Gasteiger partial charge in [0, 0.05) is 14.3 Å². The second-order valence-electron chi connectivity index (χ2n) is 4.26. The lowest BCUT2D eigenvalue weighted by Crippen LogP contribution is -2.02. The topological polar surface area (TPSA) is 52.3 Å². The van der Waals surface area contributed by atoms with Gasteiger partial charge in [-0.15, -0.1) is 34.0 Å². The van der Waals surface area contributed by atoms with Gasteiger partial charge in [-0.3, -0.25) is 0 Å². The van der Waals surface area contributed by atoms with Crippen molar-refractivity contribution in [3.8, 4) is 9.75 Å². The minimum atomic E-state index is -0.355. The van der Waals surface area contributed by atoms with Crippen LogP contribution in [0.1, 0.15) is 22.2 Å². The van der Waals surface area contributed by atoms with Gasteiger partial charge in [0.05, 0.1) is 17.7 Å². The van der Waals surface area contributed by atoms with Crippen LogP contribution in [0.3, 0.4) is 0 Å². The molecular weight excluding hydrogens is 310 g/mol. The van der Waals surface area contributed by atoms with E-state index in [0.717, 1.165) is 16.9 Å². The summed E-state index contributed by atoms with van der Waals surface area (Å²) in [5.74, 6) is -0.355. The van der Waals surface area contributed by atoms with Crippen LogP contribution in [0, 0.1) is 0 Å². The highest BCUT2D eigenvalue weighted by atomic mass is 32.1. The van der Waals surface area contributed by atoms with Crippen LogP contribution in [0.5, 0.6) is 0 Å². The largest absolute Gasteiger partial charge is 0.465 e. The van der Waals surface area contributed by atoms with Gasteiger partial charge in [0.15, 0.2) is 0 Å². The van der Waals surface area contributed by atoms with Crippen molar-refractivity contribution in [3.05, 3.63) is 28.0 Å². The molecule has 0 saturated carbocycles. The summed E-state index contributed by atoms with van der Waals surface area (Å²) >= 11 is 4.90. The van der Waals surface area contributed by atoms with Gasteiger partial charge < -0.3 is 10.5 Å². The maximum Gasteiger partial charge on any atom is 0.350 e. The first-order chi connectivity index (χ1) is 9.65. The predicted octanol–water partition coefficient (Wildman–Crippen LogP) is 4.62. The van der Waals surface area contributed by atoms with Crippen LogP contribution >= 0.6 is 34.0 Å². The first kappa shape index (κ1) is 13.6. The number of hydrogen-bond donors (Lipinski definition) is 1. The number of methoxy groups -OCH3 is 1. The van der Waals surface area contributed by atoms with E-state index in [1.807, 2.05) is 0 Å². The molecule has 6 heteroatoms. The molecule has 3 aromatic heterocycles. The van der Waals surface area contributed by atoms with Crippen molar-refractivity contribution in [2.45, 2.75) is 13.3 Å². The van der Waals surface area contributed by atoms with E-state index >= 15 is 0 Å². The molecule has 0 saturated heterocycles. The summed E-state index contributed by atoms with van der Waals surface area (Å²) in [7, 11) is 1.38. The summed E-state index contributed by atoms with van der Waals surface area (Å²) in [5, 5.41) is 2.09. The van der Waals surface area contributed by atoms with Crippen LogP contribution in [-0.2, 0) is 11.2 Å². The number of fused-ring (bicyclic) bond motifs is 1. The maximum absolute atomic E-state index is 11.8. The van der Waals surface area contributed by atoms with Gasteiger partial charge in [0.1, 0.15) is 4.88 Å². The molecule has 0 spiro atoms. The van der Waals surface area contributed by atoms with Gasteiger partial charge in [-0.25, -0.2) is 4.79 Å². The zero-order chi connectivity index (χ0) is 14.3. The Morgan fingerprint density at radius 3 is 2.80 bits per heavy atom. The summed E-state index contributed by atoms with van der Waals surface area (Å²) in [5.41, 5.74) is 7.73. The van der Waals surface area contributed by atoms with E-state index in [-0.39, 0.29) is 5.97 Å². The second kappa shape index (κ2) is 5.20. The number of carbonyl (C=O) groups excluding carboxylic acids is 1. The number of esters is 1. The van der Waals surface area contributed by atoms with Crippen LogP contribution in [0.15, 0.2) is 17.5 Å². The zero-order valence-corrected chi connectivity index (χ0v) is 13.5. The molecule has 0 atom stereocenters. The Bertz CT molecular complexity index is 753. The molecular formula is C14H13NO2S3. The second-order valence-corrected chi connectivity index (χ2v) is 7.31. The Morgan fingerprint density at radius 2 is 2.15 bits per heavy atom. The molecule has 3 heterocycles. The monoisotopic (exact) mass is 323 g/mol. The maximum atomic E-state index is 11.8. The summed E-state index contributed by atoms with van der Waals surface area (Å²) in [6.07, 6.45) is 0.806. The lowest BCUT2D eigenvalue weighted by molar-refractivity contribution is 0.0607. The van der Waals surface area contributed by atoms with E-state index in [1.165, 1.54) is 32.7 Å². The van der Waals surface area contributed by atoms with E-state index in [0.29, 0.717) is 10.6 Å². The predicted molar refractivity (Wildman–Crippen MR) is 88.1 cm³/mol. The fraction of sp³-hybridized carbons (Fsp3) is 0.214. The summed E-state index contributed by atoms with van der Waals surface area (Å²) in [4.78, 5) is 14.6. The number of carbonyl (C=O) groups is 1. The number of rotatable bonds is 3. The van der Waals surface area contributed by atoms with Crippen LogP contribution in [0.25, 0.3) is 19.2 Å². The number of nitrogens with two attached hydrogens (primary N) is 1. The van der Waals surface area contributed by atoms with Crippen molar-refractivity contribution < 1.29 is 9.53 Å². The molecule has 0 aliphatic rings. The number of ether oxygens (including phenoxy) is 1. The first-order valence-electron chi connectivity index (χ1n) is 6.12. The van der Waals surface area contributed by atoms with Crippen LogP contribution in [-0.4, -0.2) is 13.1 Å². The van der Waals surface area contributed by atoms with Crippen LogP contribution < -0.4 is 5.73 Å². The van der Waals surface area contributed by atoms with Crippen LogP contribution in [0.2, 0.25) is 0 Å². The standard InChI is InChI=1S/C14H13NO2S3/c1-3-7-11(15)13(14(16)17-2)20-12(7)10-6-9-8(19-10)4-5-18-9/h4-6H,3,15H2,1-2H3. The fourth-order valence-electron chi connectivity index (χ4n) is 2.15. The molecule has 0 aromatic carbocycles. The van der Waals surface area contributed by atoms with Crippen molar-refractivity contribution in [1.29, 1.82) is 0 Å². The molecule has 0 aliphatic heterocycles. The minimum Gasteiger partial charge on any atom is -0.465 e. The third-order valence-electron chi connectivity index (χ3n) is 3.14. The van der Waals surface area contributed by atoms with Gasteiger partial charge in [-0.2, -0.15) is 0 Å². The highest BCUT2D eigenvalue weighted by Gasteiger charge is 2.22. The zero-order valence-electron chi connectivity index (χ0n) is 11.1. The van der Waals surface area contributed by atoms with Gasteiger partial charge >= 0.3 is 5.97 Å². The van der Waals surface area contributed by atoms with Crippen LogP contribution in [0.4, 0.5) is 5.69 Å². The molecule has 0 bridgehead atoms. The molecule has 2 N–H and O–H groups in total. The number of hydrogen-bond acceptors (Lipinski definition) is 6. The van der Waals surface area contributed by atoms with E-state index in [1.54, 1.807) is 22.7 Å². The third kappa shape index (κ3) is 2.04. The Hall–Kier alpha value is -1.37. The molecule has 20 heavy (non-hydrogen) atoms. The molecule has 0 radical (unpaired) electrons. The summed E-state index contributed by atoms with van der Waals surface area (Å²) in [6.45, 7) is 2.05. The first-order valence-corrected chi connectivity index (χ1v) is 8.63. The van der Waals surface area contributed by atoms with Gasteiger partial charge in [-0.1, -0.05) is 6.92 Å². The molecule has 3 rings (SSSR count). The quantitative estimate of drug-likeness (QED) is 0.715. The average Bonchev–Trinajstić information content (AvgIpc) is 3.09. The van der Waals surface area contributed by atoms with E-state index in [4.69, 9.17) is 10.5 Å². The van der Waals surface area contributed by atoms with Crippen molar-refractivity contribution in [2.24, 2.45) is 0 Å². The molecule has 3 nitrogen and oxygen atoms in total. The molecule has 104 valence electrons. The fourth-order valence-corrected chi connectivity index (χ4v) is 5.62. The lowest BCUT2D eigenvalue weighted by Gasteiger charge is -1.99. The van der Waals surface area contributed by atoms with Crippen molar-refractivity contribution >= 4 is 55.1 Å². The lowest BCUT2D eigenvalue weighted by atomic mass is 10.1. The number of anilines is 1. The minimum absolute atomic E-state index is 0.355. The Balaban J connectivity index is 2.17. The normalized spacial score (nSPS) is 11.1. The van der Waals surface area contributed by atoms with Crippen molar-refractivity contribution in [1.82, 2.24) is 0 Å². The van der Waals surface area contributed by atoms with E-state index < -0.39 is 0 Å². The molecule has 0 fully saturated rings. The van der Waals surface area contributed by atoms with Gasteiger partial charge in [0.25, 0.3) is 0 Å². The highest BCUT2D eigenvalue weighted by Crippen LogP contribution is 2.44. The third-order valence-corrected chi connectivity index (χ3v) is 6.64. The highest BCUT2D eigenvalue weighted by molar-refractivity contribution is 7.31. The van der Waals surface area contributed by atoms with Gasteiger partial charge in [-0.05, 0) is 29.5 Å².